The lowest BCUT2D eigenvalue weighted by molar-refractivity contribution is 0.122. The summed E-state index contributed by atoms with van der Waals surface area (Å²) in [6, 6.07) is 16.9. The number of morpholine rings is 1. The molecule has 3 heterocycles. The Labute approximate surface area is 185 Å². The molecule has 6 nitrogen and oxygen atoms in total. The molecule has 1 aliphatic heterocycles. The van der Waals surface area contributed by atoms with Crippen LogP contribution in [0.4, 0.5) is 17.3 Å². The fourth-order valence-corrected chi connectivity index (χ4v) is 4.74. The van der Waals surface area contributed by atoms with Crippen molar-refractivity contribution >= 4 is 38.9 Å². The number of hydrazine groups is 1. The topological polar surface area (TPSA) is 62.3 Å². The summed E-state index contributed by atoms with van der Waals surface area (Å²) in [6.07, 6.45) is 2.88. The Hall–Kier alpha value is -3.16. The largest absolute Gasteiger partial charge is 0.378 e. The molecule has 0 radical (unpaired) electrons. The van der Waals surface area contributed by atoms with Crippen LogP contribution < -0.4 is 15.8 Å². The van der Waals surface area contributed by atoms with E-state index < -0.39 is 0 Å². The van der Waals surface area contributed by atoms with Gasteiger partial charge in [0.15, 0.2) is 0 Å². The van der Waals surface area contributed by atoms with Gasteiger partial charge in [-0.25, -0.2) is 9.97 Å². The van der Waals surface area contributed by atoms with Crippen molar-refractivity contribution in [3.05, 3.63) is 65.7 Å². The highest BCUT2D eigenvalue weighted by molar-refractivity contribution is 7.17. The summed E-state index contributed by atoms with van der Waals surface area (Å²) in [5.74, 6) is 0.554. The zero-order valence-corrected chi connectivity index (χ0v) is 18.3. The van der Waals surface area contributed by atoms with Gasteiger partial charge >= 0.3 is 0 Å². The number of aryl methyl sites for hydroxylation is 1. The minimum Gasteiger partial charge on any atom is -0.378 e. The molecular formula is C24H25N5OS. The van der Waals surface area contributed by atoms with Gasteiger partial charge in [-0.05, 0) is 41.8 Å². The van der Waals surface area contributed by atoms with Crippen molar-refractivity contribution in [3.8, 4) is 11.1 Å². The molecule has 158 valence electrons. The number of rotatable bonds is 6. The van der Waals surface area contributed by atoms with Crippen LogP contribution in [0.5, 0.6) is 0 Å². The number of hydrogen-bond donors (Lipinski definition) is 2. The quantitative estimate of drug-likeness (QED) is 0.409. The lowest BCUT2D eigenvalue weighted by atomic mass is 10.00. The third kappa shape index (κ3) is 4.19. The van der Waals surface area contributed by atoms with Gasteiger partial charge in [0.05, 0.1) is 35.3 Å². The third-order valence-corrected chi connectivity index (χ3v) is 6.47. The first-order chi connectivity index (χ1) is 15.3. The third-order valence-electron chi connectivity index (χ3n) is 5.56. The second-order valence-electron chi connectivity index (χ2n) is 7.46. The molecule has 2 aromatic heterocycles. The van der Waals surface area contributed by atoms with Crippen molar-refractivity contribution in [2.45, 2.75) is 13.3 Å². The van der Waals surface area contributed by atoms with Crippen LogP contribution in [-0.4, -0.2) is 36.3 Å². The molecule has 0 atom stereocenters. The van der Waals surface area contributed by atoms with Crippen molar-refractivity contribution in [2.24, 2.45) is 0 Å². The smallest absolute Gasteiger partial charge is 0.242 e. The summed E-state index contributed by atoms with van der Waals surface area (Å²) < 4.78 is 6.51. The van der Waals surface area contributed by atoms with Crippen molar-refractivity contribution in [1.82, 2.24) is 9.97 Å². The van der Waals surface area contributed by atoms with Crippen LogP contribution in [-0.2, 0) is 11.2 Å². The van der Waals surface area contributed by atoms with Gasteiger partial charge in [-0.1, -0.05) is 31.2 Å². The molecule has 5 rings (SSSR count). The van der Waals surface area contributed by atoms with Gasteiger partial charge in [-0.3, -0.25) is 10.9 Å². The van der Waals surface area contributed by atoms with Crippen LogP contribution in [0.1, 0.15) is 12.5 Å². The Morgan fingerprint density at radius 3 is 2.61 bits per heavy atom. The molecule has 0 amide bonds. The van der Waals surface area contributed by atoms with Gasteiger partial charge in [0.1, 0.15) is 0 Å². The van der Waals surface area contributed by atoms with Crippen molar-refractivity contribution in [3.63, 3.8) is 0 Å². The van der Waals surface area contributed by atoms with Crippen LogP contribution in [0.15, 0.2) is 60.1 Å². The second kappa shape index (κ2) is 8.91. The van der Waals surface area contributed by atoms with E-state index in [1.807, 2.05) is 6.20 Å². The highest BCUT2D eigenvalue weighted by atomic mass is 32.1. The molecule has 0 saturated carbocycles. The molecule has 1 fully saturated rings. The number of hydrogen-bond acceptors (Lipinski definition) is 7. The number of nitrogens with zero attached hydrogens (tertiary/aromatic N) is 3. The van der Waals surface area contributed by atoms with Gasteiger partial charge in [0.25, 0.3) is 0 Å². The fraction of sp³-hybridized carbons (Fsp3) is 0.250. The number of anilines is 3. The maximum Gasteiger partial charge on any atom is 0.242 e. The van der Waals surface area contributed by atoms with Crippen LogP contribution in [0.3, 0.4) is 0 Å². The average Bonchev–Trinajstić information content (AvgIpc) is 3.26. The Balaban J connectivity index is 1.33. The molecule has 0 spiro atoms. The molecule has 1 aliphatic rings. The first kappa shape index (κ1) is 19.8. The van der Waals surface area contributed by atoms with E-state index in [2.05, 4.69) is 81.6 Å². The zero-order chi connectivity index (χ0) is 21.0. The maximum atomic E-state index is 5.43. The molecule has 4 aromatic rings. The Morgan fingerprint density at radius 2 is 1.81 bits per heavy atom. The summed E-state index contributed by atoms with van der Waals surface area (Å²) >= 11 is 1.68. The van der Waals surface area contributed by atoms with E-state index in [9.17, 15) is 0 Å². The molecule has 2 N–H and O–H groups in total. The predicted molar refractivity (Wildman–Crippen MR) is 129 cm³/mol. The van der Waals surface area contributed by atoms with Crippen LogP contribution in [0.2, 0.25) is 0 Å². The SMILES string of the molecule is CCc1ccccc1-c1csc2cnc(NNc3ccc(N4CCOCC4)cc3)nc12. The van der Waals surface area contributed by atoms with Crippen molar-refractivity contribution < 1.29 is 4.74 Å². The number of fused-ring (bicyclic) bond motifs is 1. The standard InChI is InChI=1S/C24H25N5OS/c1-2-17-5-3-4-6-20(17)21-16-31-22-15-25-24(26-23(21)22)28-27-18-7-9-19(10-8-18)29-11-13-30-14-12-29/h3-10,15-16,27H,2,11-14H2,1H3,(H,25,26,28). The Bertz CT molecular complexity index is 1170. The van der Waals surface area contributed by atoms with E-state index in [0.717, 1.165) is 54.2 Å². The van der Waals surface area contributed by atoms with E-state index in [-0.39, 0.29) is 0 Å². The number of nitrogens with one attached hydrogen (secondary N) is 2. The van der Waals surface area contributed by atoms with E-state index in [1.54, 1.807) is 11.3 Å². The van der Waals surface area contributed by atoms with Gasteiger partial charge in [0.2, 0.25) is 5.95 Å². The van der Waals surface area contributed by atoms with Crippen LogP contribution >= 0.6 is 11.3 Å². The molecule has 1 saturated heterocycles. The monoisotopic (exact) mass is 431 g/mol. The number of ether oxygens (including phenoxy) is 1. The summed E-state index contributed by atoms with van der Waals surface area (Å²) in [4.78, 5) is 11.6. The average molecular weight is 432 g/mol. The van der Waals surface area contributed by atoms with Gasteiger partial charge < -0.3 is 9.64 Å². The second-order valence-corrected chi connectivity index (χ2v) is 8.37. The van der Waals surface area contributed by atoms with E-state index >= 15 is 0 Å². The highest BCUT2D eigenvalue weighted by Gasteiger charge is 2.13. The maximum absolute atomic E-state index is 5.43. The number of benzene rings is 2. The Kier molecular flexibility index (Phi) is 5.69. The van der Waals surface area contributed by atoms with E-state index in [4.69, 9.17) is 9.72 Å². The zero-order valence-electron chi connectivity index (χ0n) is 17.5. The van der Waals surface area contributed by atoms with Crippen LogP contribution in [0, 0.1) is 0 Å². The molecule has 2 aromatic carbocycles. The molecule has 31 heavy (non-hydrogen) atoms. The molecule has 0 aliphatic carbocycles. The first-order valence-corrected chi connectivity index (χ1v) is 11.5. The predicted octanol–water partition coefficient (Wildman–Crippen LogP) is 5.20. The summed E-state index contributed by atoms with van der Waals surface area (Å²) in [6.45, 7) is 5.62. The number of thiophene rings is 1. The van der Waals surface area contributed by atoms with Gasteiger partial charge in [-0.2, -0.15) is 0 Å². The van der Waals surface area contributed by atoms with Crippen LogP contribution in [0.25, 0.3) is 21.3 Å². The van der Waals surface area contributed by atoms with E-state index in [1.165, 1.54) is 16.8 Å². The minimum atomic E-state index is 0.554. The lowest BCUT2D eigenvalue weighted by Crippen LogP contribution is -2.36. The minimum absolute atomic E-state index is 0.554. The fourth-order valence-electron chi connectivity index (χ4n) is 3.88. The lowest BCUT2D eigenvalue weighted by Gasteiger charge is -2.28. The normalized spacial score (nSPS) is 14.0. The van der Waals surface area contributed by atoms with Gasteiger partial charge in [0, 0.05) is 29.7 Å². The first-order valence-electron chi connectivity index (χ1n) is 10.6. The summed E-state index contributed by atoms with van der Waals surface area (Å²) in [5, 5.41) is 2.18. The van der Waals surface area contributed by atoms with Crippen molar-refractivity contribution in [2.75, 3.05) is 42.1 Å². The highest BCUT2D eigenvalue weighted by Crippen LogP contribution is 2.34. The Morgan fingerprint density at radius 1 is 1.00 bits per heavy atom. The molecule has 7 heteroatoms. The molecule has 0 unspecified atom stereocenters. The molecular weight excluding hydrogens is 406 g/mol. The summed E-state index contributed by atoms with van der Waals surface area (Å²) in [7, 11) is 0. The van der Waals surface area contributed by atoms with Gasteiger partial charge in [-0.15, -0.1) is 11.3 Å². The van der Waals surface area contributed by atoms with E-state index in [0.29, 0.717) is 5.95 Å². The number of aromatic nitrogens is 2. The summed E-state index contributed by atoms with van der Waals surface area (Å²) in [5.41, 5.74) is 13.3. The molecule has 0 bridgehead atoms. The van der Waals surface area contributed by atoms with Crippen molar-refractivity contribution in [1.29, 1.82) is 0 Å².